The summed E-state index contributed by atoms with van der Waals surface area (Å²) in [7, 11) is 0. The quantitative estimate of drug-likeness (QED) is 0.645. The van der Waals surface area contributed by atoms with E-state index in [0.29, 0.717) is 33.7 Å². The minimum absolute atomic E-state index is 0.0378. The first-order chi connectivity index (χ1) is 15.1. The SMILES string of the molecule is O=C(Cc1cc(-c2nc(NCC3CCOCC3)cnc2Cl)c(Cl)cn1)[C@H]1CCCNC1. The van der Waals surface area contributed by atoms with Gasteiger partial charge in [0, 0.05) is 56.1 Å². The van der Waals surface area contributed by atoms with Gasteiger partial charge in [-0.3, -0.25) is 9.78 Å². The molecule has 0 bridgehead atoms. The fraction of sp³-hybridized carbons (Fsp3) is 0.545. The first-order valence-electron chi connectivity index (χ1n) is 10.8. The first kappa shape index (κ1) is 22.4. The van der Waals surface area contributed by atoms with Gasteiger partial charge in [0.1, 0.15) is 17.3 Å². The number of halogens is 2. The van der Waals surface area contributed by atoms with E-state index in [1.807, 2.05) is 0 Å². The summed E-state index contributed by atoms with van der Waals surface area (Å²) in [5.74, 6) is 1.42. The Hall–Kier alpha value is -1.80. The molecule has 2 aromatic heterocycles. The van der Waals surface area contributed by atoms with Crippen LogP contribution in [0.1, 0.15) is 31.4 Å². The predicted molar refractivity (Wildman–Crippen MR) is 122 cm³/mol. The number of pyridine rings is 1. The van der Waals surface area contributed by atoms with Crippen LogP contribution in [-0.4, -0.2) is 53.6 Å². The molecule has 31 heavy (non-hydrogen) atoms. The molecular weight excluding hydrogens is 437 g/mol. The van der Waals surface area contributed by atoms with E-state index < -0.39 is 0 Å². The van der Waals surface area contributed by atoms with Crippen LogP contribution in [0.2, 0.25) is 10.2 Å². The number of Topliss-reactive ketones (excluding diaryl/α,β-unsaturated/α-hetero) is 1. The third kappa shape index (κ3) is 5.92. The second-order valence-corrected chi connectivity index (χ2v) is 8.94. The maximum atomic E-state index is 12.7. The number of ether oxygens (including phenoxy) is 1. The van der Waals surface area contributed by atoms with Crippen molar-refractivity contribution in [1.29, 1.82) is 0 Å². The average Bonchev–Trinajstić information content (AvgIpc) is 2.81. The zero-order valence-electron chi connectivity index (χ0n) is 17.4. The summed E-state index contributed by atoms with van der Waals surface area (Å²) >= 11 is 12.8. The number of aromatic nitrogens is 3. The Morgan fingerprint density at radius 1 is 1.19 bits per heavy atom. The van der Waals surface area contributed by atoms with Crippen molar-refractivity contribution in [2.75, 3.05) is 38.2 Å². The molecule has 2 saturated heterocycles. The third-order valence-corrected chi connectivity index (χ3v) is 6.49. The molecule has 166 valence electrons. The number of ketones is 1. The summed E-state index contributed by atoms with van der Waals surface area (Å²) < 4.78 is 5.41. The maximum Gasteiger partial charge on any atom is 0.155 e. The molecule has 0 spiro atoms. The normalized spacial score (nSPS) is 19.9. The molecule has 2 fully saturated rings. The van der Waals surface area contributed by atoms with Crippen LogP contribution in [0.15, 0.2) is 18.5 Å². The summed E-state index contributed by atoms with van der Waals surface area (Å²) in [5, 5.41) is 7.33. The minimum atomic E-state index is 0.0378. The molecule has 0 unspecified atom stereocenters. The number of anilines is 1. The molecule has 2 aliphatic heterocycles. The molecule has 0 radical (unpaired) electrons. The van der Waals surface area contributed by atoms with Crippen molar-refractivity contribution in [3.63, 3.8) is 0 Å². The average molecular weight is 464 g/mol. The Morgan fingerprint density at radius 2 is 2.03 bits per heavy atom. The predicted octanol–water partition coefficient (Wildman–Crippen LogP) is 3.80. The van der Waals surface area contributed by atoms with Gasteiger partial charge >= 0.3 is 0 Å². The smallest absolute Gasteiger partial charge is 0.155 e. The van der Waals surface area contributed by atoms with Gasteiger partial charge in [0.2, 0.25) is 0 Å². The number of piperidine rings is 1. The highest BCUT2D eigenvalue weighted by molar-refractivity contribution is 6.35. The lowest BCUT2D eigenvalue weighted by atomic mass is 9.92. The fourth-order valence-electron chi connectivity index (χ4n) is 4.04. The van der Waals surface area contributed by atoms with E-state index in [-0.39, 0.29) is 23.3 Å². The van der Waals surface area contributed by atoms with Crippen LogP contribution in [0.4, 0.5) is 5.82 Å². The van der Waals surface area contributed by atoms with Crippen LogP contribution in [-0.2, 0) is 16.0 Å². The molecule has 4 rings (SSSR count). The van der Waals surface area contributed by atoms with Gasteiger partial charge in [-0.25, -0.2) is 9.97 Å². The van der Waals surface area contributed by atoms with Crippen LogP contribution in [0, 0.1) is 11.8 Å². The number of nitrogens with one attached hydrogen (secondary N) is 2. The van der Waals surface area contributed by atoms with Gasteiger partial charge in [0.05, 0.1) is 11.2 Å². The Morgan fingerprint density at radius 3 is 2.81 bits per heavy atom. The van der Waals surface area contributed by atoms with Gasteiger partial charge in [-0.2, -0.15) is 0 Å². The second-order valence-electron chi connectivity index (χ2n) is 8.17. The van der Waals surface area contributed by atoms with Crippen molar-refractivity contribution < 1.29 is 9.53 Å². The summed E-state index contributed by atoms with van der Waals surface area (Å²) in [6.07, 6.45) is 7.46. The van der Waals surface area contributed by atoms with Gasteiger partial charge in [0.25, 0.3) is 0 Å². The van der Waals surface area contributed by atoms with E-state index in [0.717, 1.165) is 58.5 Å². The third-order valence-electron chi connectivity index (χ3n) is 5.92. The van der Waals surface area contributed by atoms with Crippen LogP contribution < -0.4 is 10.6 Å². The van der Waals surface area contributed by atoms with E-state index in [1.165, 1.54) is 0 Å². The van der Waals surface area contributed by atoms with Crippen molar-refractivity contribution in [3.8, 4) is 11.3 Å². The highest BCUT2D eigenvalue weighted by Crippen LogP contribution is 2.32. The van der Waals surface area contributed by atoms with Crippen molar-refractivity contribution in [3.05, 3.63) is 34.3 Å². The molecule has 2 aliphatic rings. The Bertz CT molecular complexity index is 915. The molecule has 9 heteroatoms. The fourth-order valence-corrected chi connectivity index (χ4v) is 4.43. The van der Waals surface area contributed by atoms with E-state index in [1.54, 1.807) is 18.5 Å². The molecule has 0 aromatic carbocycles. The Kier molecular flexibility index (Phi) is 7.72. The van der Waals surface area contributed by atoms with Gasteiger partial charge in [-0.05, 0) is 44.2 Å². The molecular formula is C22H27Cl2N5O2. The lowest BCUT2D eigenvalue weighted by molar-refractivity contribution is -0.122. The van der Waals surface area contributed by atoms with E-state index in [9.17, 15) is 4.79 Å². The number of hydrogen-bond donors (Lipinski definition) is 2. The molecule has 0 saturated carbocycles. The van der Waals surface area contributed by atoms with Crippen LogP contribution in [0.25, 0.3) is 11.3 Å². The molecule has 0 amide bonds. The zero-order valence-corrected chi connectivity index (χ0v) is 18.9. The zero-order chi connectivity index (χ0) is 21.6. The highest BCUT2D eigenvalue weighted by Gasteiger charge is 2.22. The summed E-state index contributed by atoms with van der Waals surface area (Å²) in [6, 6.07) is 1.80. The minimum Gasteiger partial charge on any atom is -0.381 e. The maximum absolute atomic E-state index is 12.7. The van der Waals surface area contributed by atoms with Gasteiger partial charge in [0.15, 0.2) is 5.15 Å². The number of nitrogens with zero attached hydrogens (tertiary/aromatic N) is 3. The largest absolute Gasteiger partial charge is 0.381 e. The molecule has 2 aromatic rings. The van der Waals surface area contributed by atoms with Crippen molar-refractivity contribution in [2.45, 2.75) is 32.1 Å². The summed E-state index contributed by atoms with van der Waals surface area (Å²) in [6.45, 7) is 4.11. The number of hydrogen-bond acceptors (Lipinski definition) is 7. The topological polar surface area (TPSA) is 89.0 Å². The molecule has 0 aliphatic carbocycles. The summed E-state index contributed by atoms with van der Waals surface area (Å²) in [4.78, 5) is 26.0. The van der Waals surface area contributed by atoms with Crippen molar-refractivity contribution in [2.24, 2.45) is 11.8 Å². The molecule has 2 N–H and O–H groups in total. The number of carbonyl (C=O) groups is 1. The summed E-state index contributed by atoms with van der Waals surface area (Å²) in [5.41, 5.74) is 1.78. The van der Waals surface area contributed by atoms with Gasteiger partial charge in [-0.15, -0.1) is 0 Å². The van der Waals surface area contributed by atoms with Crippen molar-refractivity contribution >= 4 is 34.8 Å². The lowest BCUT2D eigenvalue weighted by Gasteiger charge is -2.22. The second kappa shape index (κ2) is 10.7. The first-order valence-corrected chi connectivity index (χ1v) is 11.6. The van der Waals surface area contributed by atoms with Crippen LogP contribution >= 0.6 is 23.2 Å². The van der Waals surface area contributed by atoms with Gasteiger partial charge in [-0.1, -0.05) is 23.2 Å². The van der Waals surface area contributed by atoms with Crippen LogP contribution in [0.5, 0.6) is 0 Å². The molecule has 4 heterocycles. The standard InChI is InChI=1S/C22H27Cl2N5O2/c23-18-12-26-16(9-19(30)15-2-1-5-25-11-15)8-17(18)21-22(24)28-13-20(29-21)27-10-14-3-6-31-7-4-14/h8,12-15,25H,1-7,9-11H2,(H,27,29)/t15-/m0/s1. The Labute approximate surface area is 192 Å². The van der Waals surface area contributed by atoms with Crippen LogP contribution in [0.3, 0.4) is 0 Å². The Balaban J connectivity index is 1.49. The van der Waals surface area contributed by atoms with E-state index in [2.05, 4.69) is 25.6 Å². The highest BCUT2D eigenvalue weighted by atomic mass is 35.5. The molecule has 7 nitrogen and oxygen atoms in total. The van der Waals surface area contributed by atoms with E-state index >= 15 is 0 Å². The number of carbonyl (C=O) groups excluding carboxylic acids is 1. The van der Waals surface area contributed by atoms with E-state index in [4.69, 9.17) is 27.9 Å². The lowest BCUT2D eigenvalue weighted by Crippen LogP contribution is -2.35. The van der Waals surface area contributed by atoms with Crippen molar-refractivity contribution in [1.82, 2.24) is 20.3 Å². The monoisotopic (exact) mass is 463 g/mol. The number of rotatable bonds is 7. The molecule has 1 atom stereocenters. The van der Waals surface area contributed by atoms with Gasteiger partial charge < -0.3 is 15.4 Å².